The molecule has 1 unspecified atom stereocenters. The van der Waals surface area contributed by atoms with Gasteiger partial charge in [-0.05, 0) is 74.0 Å². The molecule has 1 atom stereocenters. The number of carbonyl (C=O) groups is 1. The van der Waals surface area contributed by atoms with E-state index in [0.717, 1.165) is 28.9 Å². The summed E-state index contributed by atoms with van der Waals surface area (Å²) in [5, 5.41) is 2.05. The van der Waals surface area contributed by atoms with Crippen LogP contribution in [0.4, 0.5) is 0 Å². The van der Waals surface area contributed by atoms with Crippen LogP contribution in [0.1, 0.15) is 41.5 Å². The zero-order valence-electron chi connectivity index (χ0n) is 19.9. The Morgan fingerprint density at radius 3 is 2.41 bits per heavy atom. The molecule has 34 heavy (non-hydrogen) atoms. The molecule has 2 aromatic carbocycles. The second-order valence-electron chi connectivity index (χ2n) is 8.77. The van der Waals surface area contributed by atoms with E-state index in [9.17, 15) is 13.2 Å². The lowest BCUT2D eigenvalue weighted by molar-refractivity contribution is -0.133. The molecule has 6 nitrogen and oxygen atoms in total. The van der Waals surface area contributed by atoms with E-state index in [0.29, 0.717) is 6.54 Å². The first-order chi connectivity index (χ1) is 16.2. The van der Waals surface area contributed by atoms with Gasteiger partial charge in [-0.1, -0.05) is 29.8 Å². The van der Waals surface area contributed by atoms with Crippen LogP contribution in [0, 0.1) is 6.92 Å². The zero-order valence-corrected chi connectivity index (χ0v) is 21.5. The third-order valence-corrected chi connectivity index (χ3v) is 9.25. The Balaban J connectivity index is 1.66. The summed E-state index contributed by atoms with van der Waals surface area (Å²) in [6.45, 7) is 5.84. The first-order valence-corrected chi connectivity index (χ1v) is 13.6. The molecule has 0 radical (unpaired) electrons. The number of amides is 1. The van der Waals surface area contributed by atoms with Gasteiger partial charge in [0.15, 0.2) is 0 Å². The minimum absolute atomic E-state index is 0.199. The molecule has 0 aliphatic carbocycles. The average Bonchev–Trinajstić information content (AvgIpc) is 3.30. The SMILES string of the molecule is COc1ccc(C2c3ccsc3CCN2C(=O)CN(C(C)C)S(=O)(=O)c2ccc(C)cc2)cc1. The Morgan fingerprint density at radius 1 is 1.12 bits per heavy atom. The number of thiophene rings is 1. The highest BCUT2D eigenvalue weighted by molar-refractivity contribution is 7.89. The lowest BCUT2D eigenvalue weighted by atomic mass is 9.93. The van der Waals surface area contributed by atoms with Gasteiger partial charge >= 0.3 is 0 Å². The lowest BCUT2D eigenvalue weighted by Crippen LogP contribution is -2.48. The van der Waals surface area contributed by atoms with Crippen molar-refractivity contribution in [2.45, 2.75) is 44.2 Å². The van der Waals surface area contributed by atoms with Gasteiger partial charge in [-0.15, -0.1) is 11.3 Å². The highest BCUT2D eigenvalue weighted by Crippen LogP contribution is 2.38. The van der Waals surface area contributed by atoms with Crippen molar-refractivity contribution in [3.05, 3.63) is 81.5 Å². The fourth-order valence-electron chi connectivity index (χ4n) is 4.35. The van der Waals surface area contributed by atoms with Crippen LogP contribution in [-0.4, -0.2) is 49.8 Å². The molecule has 4 rings (SSSR count). The minimum atomic E-state index is -3.82. The summed E-state index contributed by atoms with van der Waals surface area (Å²) in [5.41, 5.74) is 3.06. The number of rotatable bonds is 7. The Kier molecular flexibility index (Phi) is 7.12. The summed E-state index contributed by atoms with van der Waals surface area (Å²) in [4.78, 5) is 17.0. The largest absolute Gasteiger partial charge is 0.497 e. The quantitative estimate of drug-likeness (QED) is 0.476. The van der Waals surface area contributed by atoms with Crippen LogP contribution in [0.15, 0.2) is 64.9 Å². The van der Waals surface area contributed by atoms with Gasteiger partial charge in [-0.25, -0.2) is 8.42 Å². The van der Waals surface area contributed by atoms with E-state index in [1.807, 2.05) is 36.1 Å². The third kappa shape index (κ3) is 4.76. The summed E-state index contributed by atoms with van der Waals surface area (Å²) < 4.78 is 33.4. The summed E-state index contributed by atoms with van der Waals surface area (Å²) in [6.07, 6.45) is 0.762. The molecular weight excluding hydrogens is 468 g/mol. The Morgan fingerprint density at radius 2 is 1.79 bits per heavy atom. The fourth-order valence-corrected chi connectivity index (χ4v) is 6.84. The number of hydrogen-bond donors (Lipinski definition) is 0. The standard InChI is InChI=1S/C26H30N2O4S2/c1-18(2)28(34(30,31)22-11-5-19(3)6-12-22)17-25(29)27-15-13-24-23(14-16-33-24)26(27)20-7-9-21(32-4)10-8-20/h5-12,14,16,18,26H,13,15,17H2,1-4H3. The van der Waals surface area contributed by atoms with Gasteiger partial charge in [0.1, 0.15) is 5.75 Å². The van der Waals surface area contributed by atoms with Gasteiger partial charge in [0.2, 0.25) is 15.9 Å². The van der Waals surface area contributed by atoms with Gasteiger partial charge in [0, 0.05) is 17.5 Å². The number of nitrogens with zero attached hydrogens (tertiary/aromatic N) is 2. The molecule has 0 fully saturated rings. The zero-order chi connectivity index (χ0) is 24.5. The molecule has 1 aliphatic rings. The lowest BCUT2D eigenvalue weighted by Gasteiger charge is -2.38. The molecule has 0 spiro atoms. The summed E-state index contributed by atoms with van der Waals surface area (Å²) >= 11 is 1.70. The molecule has 1 aromatic heterocycles. The second kappa shape index (κ2) is 9.90. The first-order valence-electron chi connectivity index (χ1n) is 11.3. The van der Waals surface area contributed by atoms with E-state index >= 15 is 0 Å². The van der Waals surface area contributed by atoms with Crippen molar-refractivity contribution in [2.24, 2.45) is 0 Å². The smallest absolute Gasteiger partial charge is 0.243 e. The number of aryl methyl sites for hydroxylation is 1. The molecule has 8 heteroatoms. The molecule has 0 bridgehead atoms. The number of sulfonamides is 1. The van der Waals surface area contributed by atoms with E-state index in [-0.39, 0.29) is 29.4 Å². The average molecular weight is 499 g/mol. The number of carbonyl (C=O) groups excluding carboxylic acids is 1. The third-order valence-electron chi connectivity index (χ3n) is 6.21. The Labute approximate surface area is 205 Å². The Bertz CT molecular complexity index is 1250. The fraction of sp³-hybridized carbons (Fsp3) is 0.346. The highest BCUT2D eigenvalue weighted by atomic mass is 32.2. The van der Waals surface area contributed by atoms with Crippen LogP contribution in [0.25, 0.3) is 0 Å². The molecule has 1 amide bonds. The van der Waals surface area contributed by atoms with E-state index in [1.54, 1.807) is 56.6 Å². The molecule has 0 saturated heterocycles. The molecule has 180 valence electrons. The molecule has 1 aliphatic heterocycles. The van der Waals surface area contributed by atoms with Crippen molar-refractivity contribution in [3.8, 4) is 5.75 Å². The van der Waals surface area contributed by atoms with Gasteiger partial charge in [-0.2, -0.15) is 4.31 Å². The highest BCUT2D eigenvalue weighted by Gasteiger charge is 2.36. The monoisotopic (exact) mass is 498 g/mol. The second-order valence-corrected chi connectivity index (χ2v) is 11.7. The maximum absolute atomic E-state index is 13.7. The van der Waals surface area contributed by atoms with Gasteiger partial charge in [0.25, 0.3) is 0 Å². The van der Waals surface area contributed by atoms with E-state index in [1.165, 1.54) is 9.18 Å². The number of methoxy groups -OCH3 is 1. The van der Waals surface area contributed by atoms with Crippen molar-refractivity contribution < 1.29 is 17.9 Å². The molecule has 0 saturated carbocycles. The normalized spacial score (nSPS) is 16.1. The van der Waals surface area contributed by atoms with Crippen LogP contribution in [0.2, 0.25) is 0 Å². The van der Waals surface area contributed by atoms with Crippen LogP contribution in [0.5, 0.6) is 5.75 Å². The molecule has 3 aromatic rings. The number of fused-ring (bicyclic) bond motifs is 1. The molecule has 2 heterocycles. The summed E-state index contributed by atoms with van der Waals surface area (Å²) in [5.74, 6) is 0.542. The maximum atomic E-state index is 13.7. The van der Waals surface area contributed by atoms with Crippen LogP contribution in [0.3, 0.4) is 0 Å². The van der Waals surface area contributed by atoms with E-state index < -0.39 is 10.0 Å². The van der Waals surface area contributed by atoms with E-state index in [4.69, 9.17) is 4.74 Å². The molecular formula is C26H30N2O4S2. The van der Waals surface area contributed by atoms with Crippen LogP contribution < -0.4 is 4.74 Å². The van der Waals surface area contributed by atoms with Crippen molar-refractivity contribution in [2.75, 3.05) is 20.2 Å². The summed E-state index contributed by atoms with van der Waals surface area (Å²) in [6, 6.07) is 15.9. The predicted octanol–water partition coefficient (Wildman–Crippen LogP) is 4.64. The van der Waals surface area contributed by atoms with Crippen LogP contribution >= 0.6 is 11.3 Å². The first kappa shape index (κ1) is 24.4. The Hall–Kier alpha value is -2.68. The number of ether oxygens (including phenoxy) is 1. The van der Waals surface area contributed by atoms with Crippen molar-refractivity contribution in [1.29, 1.82) is 0 Å². The van der Waals surface area contributed by atoms with Gasteiger partial charge < -0.3 is 9.64 Å². The van der Waals surface area contributed by atoms with E-state index in [2.05, 4.69) is 11.4 Å². The number of hydrogen-bond acceptors (Lipinski definition) is 5. The van der Waals surface area contributed by atoms with Crippen molar-refractivity contribution in [1.82, 2.24) is 9.21 Å². The number of benzene rings is 2. The van der Waals surface area contributed by atoms with Gasteiger partial charge in [0.05, 0.1) is 24.6 Å². The van der Waals surface area contributed by atoms with Gasteiger partial charge in [-0.3, -0.25) is 4.79 Å². The van der Waals surface area contributed by atoms with Crippen molar-refractivity contribution in [3.63, 3.8) is 0 Å². The topological polar surface area (TPSA) is 66.9 Å². The maximum Gasteiger partial charge on any atom is 0.243 e. The summed E-state index contributed by atoms with van der Waals surface area (Å²) in [7, 11) is -2.20. The van der Waals surface area contributed by atoms with Crippen LogP contribution in [-0.2, 0) is 21.2 Å². The van der Waals surface area contributed by atoms with Crippen molar-refractivity contribution >= 4 is 27.3 Å². The molecule has 0 N–H and O–H groups in total. The predicted molar refractivity (Wildman–Crippen MR) is 135 cm³/mol. The minimum Gasteiger partial charge on any atom is -0.497 e.